The summed E-state index contributed by atoms with van der Waals surface area (Å²) in [4.78, 5) is 21.9. The normalized spacial score (nSPS) is 10.0. The highest BCUT2D eigenvalue weighted by atomic mass is 32.2. The molecule has 0 saturated carbocycles. The van der Waals surface area contributed by atoms with E-state index in [-0.39, 0.29) is 11.3 Å². The van der Waals surface area contributed by atoms with E-state index in [0.29, 0.717) is 5.56 Å². The molecule has 0 unspecified atom stereocenters. The average Bonchev–Trinajstić information content (AvgIpc) is 2.19. The van der Waals surface area contributed by atoms with Crippen LogP contribution in [-0.4, -0.2) is 25.5 Å². The SMILES string of the molecule is Cc1c(NC(=O)N[SH](=O)=O)cccc1C(=O)O. The predicted molar refractivity (Wildman–Crippen MR) is 60.6 cm³/mol. The van der Waals surface area contributed by atoms with Crippen molar-refractivity contribution in [2.24, 2.45) is 0 Å². The molecule has 0 bridgehead atoms. The van der Waals surface area contributed by atoms with Crippen molar-refractivity contribution in [3.05, 3.63) is 29.3 Å². The maximum Gasteiger partial charge on any atom is 0.336 e. The zero-order valence-corrected chi connectivity index (χ0v) is 9.65. The number of thiol groups is 1. The number of hydrogen-bond donors (Lipinski definition) is 4. The van der Waals surface area contributed by atoms with Crippen LogP contribution in [0.15, 0.2) is 18.2 Å². The first-order chi connectivity index (χ1) is 7.91. The number of nitrogens with one attached hydrogen (secondary N) is 2. The van der Waals surface area contributed by atoms with Crippen LogP contribution in [0.2, 0.25) is 0 Å². The first-order valence-electron chi connectivity index (χ1n) is 4.46. The summed E-state index contributed by atoms with van der Waals surface area (Å²) in [5.41, 5.74) is 0.616. The van der Waals surface area contributed by atoms with Crippen LogP contribution in [0.1, 0.15) is 15.9 Å². The number of carboxylic acid groups (broad SMARTS) is 1. The van der Waals surface area contributed by atoms with Crippen LogP contribution >= 0.6 is 0 Å². The summed E-state index contributed by atoms with van der Waals surface area (Å²) in [6, 6.07) is 3.36. The van der Waals surface area contributed by atoms with Crippen molar-refractivity contribution in [2.45, 2.75) is 6.92 Å². The number of carboxylic acids is 1. The molecule has 92 valence electrons. The van der Waals surface area contributed by atoms with Crippen molar-refractivity contribution in [3.63, 3.8) is 0 Å². The lowest BCUT2D eigenvalue weighted by Crippen LogP contribution is -2.27. The Morgan fingerprint density at radius 2 is 1.94 bits per heavy atom. The molecule has 0 aliphatic rings. The maximum absolute atomic E-state index is 11.1. The third kappa shape index (κ3) is 3.45. The van der Waals surface area contributed by atoms with Gasteiger partial charge in [0.1, 0.15) is 0 Å². The molecule has 17 heavy (non-hydrogen) atoms. The molecular weight excluding hydrogens is 248 g/mol. The highest BCUT2D eigenvalue weighted by Gasteiger charge is 2.11. The van der Waals surface area contributed by atoms with E-state index in [2.05, 4.69) is 5.32 Å². The summed E-state index contributed by atoms with van der Waals surface area (Å²) in [6.07, 6.45) is 0. The first-order valence-corrected chi connectivity index (χ1v) is 5.64. The summed E-state index contributed by atoms with van der Waals surface area (Å²) in [6.45, 7) is 1.51. The molecule has 0 atom stereocenters. The highest BCUT2D eigenvalue weighted by Crippen LogP contribution is 2.18. The largest absolute Gasteiger partial charge is 0.478 e. The van der Waals surface area contributed by atoms with Gasteiger partial charge in [0.25, 0.3) is 0 Å². The van der Waals surface area contributed by atoms with E-state index in [9.17, 15) is 18.0 Å². The van der Waals surface area contributed by atoms with Crippen LogP contribution in [-0.2, 0) is 10.9 Å². The molecule has 0 fully saturated rings. The molecular formula is C9H10N2O5S. The maximum atomic E-state index is 11.1. The minimum absolute atomic E-state index is 0.0364. The molecule has 8 heteroatoms. The standard InChI is InChI=1S/C9H10N2O5S/c1-5-6(8(12)13)3-2-4-7(5)10-9(14)11-17(15)16/h2-4,17H,1H3,(H,12,13)(H2,10,11,14,15,16). The highest BCUT2D eigenvalue weighted by molar-refractivity contribution is 7.71. The van der Waals surface area contributed by atoms with Gasteiger partial charge in [0, 0.05) is 5.69 Å². The number of rotatable bonds is 3. The van der Waals surface area contributed by atoms with Gasteiger partial charge in [0.05, 0.1) is 5.56 Å². The quantitative estimate of drug-likeness (QED) is 0.584. The molecule has 1 rings (SSSR count). The monoisotopic (exact) mass is 258 g/mol. The van der Waals surface area contributed by atoms with E-state index in [4.69, 9.17) is 5.11 Å². The summed E-state index contributed by atoms with van der Waals surface area (Å²) >= 11 is 0. The van der Waals surface area contributed by atoms with E-state index in [1.165, 1.54) is 25.1 Å². The summed E-state index contributed by atoms with van der Waals surface area (Å²) in [5, 5.41) is 11.1. The van der Waals surface area contributed by atoms with E-state index in [0.717, 1.165) is 0 Å². The predicted octanol–water partition coefficient (Wildman–Crippen LogP) is 0.341. The summed E-state index contributed by atoms with van der Waals surface area (Å²) in [7, 11) is -3.04. The van der Waals surface area contributed by atoms with Gasteiger partial charge in [-0.3, -0.25) is 0 Å². The lowest BCUT2D eigenvalue weighted by molar-refractivity contribution is 0.0696. The van der Waals surface area contributed by atoms with Gasteiger partial charge in [0.15, 0.2) is 0 Å². The molecule has 0 aromatic heterocycles. The van der Waals surface area contributed by atoms with Crippen LogP contribution in [0.5, 0.6) is 0 Å². The Labute approximate surface area is 98.5 Å². The number of anilines is 1. The van der Waals surface area contributed by atoms with Gasteiger partial charge in [-0.25, -0.2) is 22.7 Å². The molecule has 7 nitrogen and oxygen atoms in total. The van der Waals surface area contributed by atoms with Crippen molar-refractivity contribution in [3.8, 4) is 0 Å². The molecule has 0 radical (unpaired) electrons. The van der Waals surface area contributed by atoms with Crippen molar-refractivity contribution >= 4 is 28.6 Å². The van der Waals surface area contributed by atoms with Crippen LogP contribution in [0, 0.1) is 6.92 Å². The molecule has 0 saturated heterocycles. The summed E-state index contributed by atoms with van der Waals surface area (Å²) < 4.78 is 22.1. The van der Waals surface area contributed by atoms with E-state index in [1.54, 1.807) is 4.72 Å². The smallest absolute Gasteiger partial charge is 0.336 e. The second-order valence-corrected chi connectivity index (χ2v) is 3.84. The fourth-order valence-electron chi connectivity index (χ4n) is 1.24. The molecule has 0 aliphatic carbocycles. The Bertz CT molecular complexity index is 530. The Morgan fingerprint density at radius 1 is 1.29 bits per heavy atom. The molecule has 0 aliphatic heterocycles. The number of aromatic carboxylic acids is 1. The van der Waals surface area contributed by atoms with Gasteiger partial charge in [-0.05, 0) is 24.6 Å². The topological polar surface area (TPSA) is 113 Å². The number of amides is 2. The Hall–Kier alpha value is -2.09. The van der Waals surface area contributed by atoms with Crippen LogP contribution in [0.25, 0.3) is 0 Å². The minimum Gasteiger partial charge on any atom is -0.478 e. The Balaban J connectivity index is 2.96. The lowest BCUT2D eigenvalue weighted by atomic mass is 10.1. The van der Waals surface area contributed by atoms with E-state index in [1.807, 2.05) is 0 Å². The average molecular weight is 258 g/mol. The summed E-state index contributed by atoms with van der Waals surface area (Å²) in [5.74, 6) is -1.12. The number of carbonyl (C=O) groups is 2. The molecule has 1 aromatic carbocycles. The number of benzene rings is 1. The molecule has 3 N–H and O–H groups in total. The zero-order valence-electron chi connectivity index (χ0n) is 8.76. The minimum atomic E-state index is -3.04. The van der Waals surface area contributed by atoms with Gasteiger partial charge in [-0.2, -0.15) is 0 Å². The zero-order chi connectivity index (χ0) is 13.0. The Morgan fingerprint density at radius 3 is 2.47 bits per heavy atom. The van der Waals surface area contributed by atoms with Gasteiger partial charge in [-0.1, -0.05) is 6.07 Å². The Kier molecular flexibility index (Phi) is 4.05. The van der Waals surface area contributed by atoms with E-state index >= 15 is 0 Å². The molecule has 0 spiro atoms. The van der Waals surface area contributed by atoms with Crippen molar-refractivity contribution < 1.29 is 23.1 Å². The molecule has 0 heterocycles. The number of carbonyl (C=O) groups excluding carboxylic acids is 1. The van der Waals surface area contributed by atoms with Crippen molar-refractivity contribution in [1.29, 1.82) is 0 Å². The second-order valence-electron chi connectivity index (χ2n) is 3.11. The van der Waals surface area contributed by atoms with Crippen LogP contribution < -0.4 is 10.0 Å². The molecule has 2 amide bonds. The van der Waals surface area contributed by atoms with Gasteiger partial charge >= 0.3 is 12.0 Å². The lowest BCUT2D eigenvalue weighted by Gasteiger charge is -2.09. The number of hydrogen-bond acceptors (Lipinski definition) is 4. The first kappa shape index (κ1) is 13.0. The fraction of sp³-hybridized carbons (Fsp3) is 0.111. The number of urea groups is 1. The van der Waals surface area contributed by atoms with Gasteiger partial charge in [-0.15, -0.1) is 0 Å². The van der Waals surface area contributed by atoms with Crippen molar-refractivity contribution in [2.75, 3.05) is 5.32 Å². The third-order valence-corrected chi connectivity index (χ3v) is 2.39. The fourth-order valence-corrected chi connectivity index (χ4v) is 1.46. The molecule has 1 aromatic rings. The third-order valence-electron chi connectivity index (χ3n) is 2.01. The second kappa shape index (κ2) is 5.30. The van der Waals surface area contributed by atoms with E-state index < -0.39 is 22.9 Å². The van der Waals surface area contributed by atoms with Crippen LogP contribution in [0.4, 0.5) is 10.5 Å². The van der Waals surface area contributed by atoms with Gasteiger partial charge in [0.2, 0.25) is 10.9 Å². The van der Waals surface area contributed by atoms with Gasteiger partial charge < -0.3 is 10.4 Å². The van der Waals surface area contributed by atoms with Crippen LogP contribution in [0.3, 0.4) is 0 Å². The van der Waals surface area contributed by atoms with Crippen molar-refractivity contribution in [1.82, 2.24) is 4.72 Å².